The first kappa shape index (κ1) is 17.9. The van der Waals surface area contributed by atoms with Crippen LogP contribution in [0.5, 0.6) is 0 Å². The number of ether oxygens (including phenoxy) is 2. The number of imidazole rings is 1. The first-order valence-corrected chi connectivity index (χ1v) is 9.21. The minimum atomic E-state index is -0.537. The summed E-state index contributed by atoms with van der Waals surface area (Å²) in [5.41, 5.74) is 1.10. The molecular weight excluding hydrogens is 316 g/mol. The van der Waals surface area contributed by atoms with E-state index in [1.54, 1.807) is 4.57 Å². The summed E-state index contributed by atoms with van der Waals surface area (Å²) in [7, 11) is 0. The molecule has 0 amide bonds. The number of carbonyl (C=O) groups excluding carboxylic acids is 1. The number of carbonyl (C=O) groups is 1. The van der Waals surface area contributed by atoms with E-state index in [1.165, 1.54) is 0 Å². The van der Waals surface area contributed by atoms with E-state index in [2.05, 4.69) is 6.92 Å². The molecule has 0 spiro atoms. The van der Waals surface area contributed by atoms with Crippen molar-refractivity contribution >= 4 is 17.1 Å². The lowest BCUT2D eigenvalue weighted by molar-refractivity contribution is -0.0138. The predicted molar refractivity (Wildman–Crippen MR) is 98.0 cm³/mol. The van der Waals surface area contributed by atoms with Gasteiger partial charge < -0.3 is 9.47 Å². The van der Waals surface area contributed by atoms with Gasteiger partial charge in [0.15, 0.2) is 0 Å². The molecule has 1 aromatic heterocycles. The normalized spacial score (nSPS) is 20.5. The number of unbranched alkanes of at least 4 members (excludes halogenated alkanes) is 1. The quantitative estimate of drug-likeness (QED) is 0.725. The molecule has 0 atom stereocenters. The Labute approximate surface area is 149 Å². The lowest BCUT2D eigenvalue weighted by atomic mass is 9.81. The van der Waals surface area contributed by atoms with Crippen molar-refractivity contribution in [3.8, 4) is 0 Å². The van der Waals surface area contributed by atoms with Gasteiger partial charge in [-0.05, 0) is 52.2 Å². The van der Waals surface area contributed by atoms with Crippen LogP contribution in [0, 0.1) is 0 Å². The first-order valence-electron chi connectivity index (χ1n) is 9.21. The SMILES string of the molecule is CCCCOC1CC(c2nc3ccccc3n2C(=O)OC(C)(C)C)C1. The van der Waals surface area contributed by atoms with Crippen molar-refractivity contribution in [3.05, 3.63) is 30.1 Å². The Morgan fingerprint density at radius 2 is 2.00 bits per heavy atom. The van der Waals surface area contributed by atoms with Gasteiger partial charge in [-0.25, -0.2) is 14.3 Å². The topological polar surface area (TPSA) is 53.4 Å². The number of aromatic nitrogens is 2. The lowest BCUT2D eigenvalue weighted by Crippen LogP contribution is -2.34. The van der Waals surface area contributed by atoms with E-state index in [-0.39, 0.29) is 18.1 Å². The molecule has 5 nitrogen and oxygen atoms in total. The molecule has 0 aliphatic heterocycles. The number of hydrogen-bond donors (Lipinski definition) is 0. The Morgan fingerprint density at radius 3 is 2.68 bits per heavy atom. The van der Waals surface area contributed by atoms with Crippen LogP contribution >= 0.6 is 0 Å². The fourth-order valence-electron chi connectivity index (χ4n) is 3.12. The van der Waals surface area contributed by atoms with E-state index in [0.717, 1.165) is 49.1 Å². The second-order valence-corrected chi connectivity index (χ2v) is 7.79. The molecule has 1 heterocycles. The molecule has 1 saturated carbocycles. The standard InChI is InChI=1S/C20H28N2O3/c1-5-6-11-24-15-12-14(13-15)18-21-16-9-7-8-10-17(16)22(18)19(23)25-20(2,3)4/h7-10,14-15H,5-6,11-13H2,1-4H3. The van der Waals surface area contributed by atoms with Gasteiger partial charge in [0.25, 0.3) is 0 Å². The van der Waals surface area contributed by atoms with Gasteiger partial charge in [0.1, 0.15) is 11.4 Å². The van der Waals surface area contributed by atoms with Gasteiger partial charge in [-0.15, -0.1) is 0 Å². The van der Waals surface area contributed by atoms with Crippen molar-refractivity contribution in [1.82, 2.24) is 9.55 Å². The van der Waals surface area contributed by atoms with E-state index in [0.29, 0.717) is 0 Å². The Morgan fingerprint density at radius 1 is 1.28 bits per heavy atom. The highest BCUT2D eigenvalue weighted by atomic mass is 16.6. The third-order valence-corrected chi connectivity index (χ3v) is 4.47. The zero-order valence-corrected chi connectivity index (χ0v) is 15.6. The molecule has 0 bridgehead atoms. The van der Waals surface area contributed by atoms with Crippen LogP contribution in [0.1, 0.15) is 65.1 Å². The summed E-state index contributed by atoms with van der Waals surface area (Å²) in [6.07, 6.45) is 3.99. The molecule has 1 aromatic carbocycles. The Hall–Kier alpha value is -1.88. The molecule has 2 aromatic rings. The highest BCUT2D eigenvalue weighted by Crippen LogP contribution is 2.39. The van der Waals surface area contributed by atoms with Crippen LogP contribution in [0.4, 0.5) is 4.79 Å². The highest BCUT2D eigenvalue weighted by Gasteiger charge is 2.36. The van der Waals surface area contributed by atoms with Gasteiger partial charge in [0.2, 0.25) is 0 Å². The molecular formula is C20H28N2O3. The number of rotatable bonds is 5. The summed E-state index contributed by atoms with van der Waals surface area (Å²) in [5, 5.41) is 0. The summed E-state index contributed by atoms with van der Waals surface area (Å²) < 4.78 is 13.1. The molecule has 5 heteroatoms. The smallest absolute Gasteiger partial charge is 0.420 e. The van der Waals surface area contributed by atoms with E-state index >= 15 is 0 Å². The van der Waals surface area contributed by atoms with Crippen molar-refractivity contribution in [3.63, 3.8) is 0 Å². The van der Waals surface area contributed by atoms with Crippen LogP contribution in [0.15, 0.2) is 24.3 Å². The van der Waals surface area contributed by atoms with Crippen LogP contribution in [0.25, 0.3) is 11.0 Å². The van der Waals surface area contributed by atoms with Crippen molar-refractivity contribution in [1.29, 1.82) is 0 Å². The van der Waals surface area contributed by atoms with E-state index in [4.69, 9.17) is 14.5 Å². The van der Waals surface area contributed by atoms with Gasteiger partial charge in [0, 0.05) is 12.5 Å². The molecule has 0 N–H and O–H groups in total. The first-order chi connectivity index (χ1) is 11.9. The summed E-state index contributed by atoms with van der Waals surface area (Å²) in [6.45, 7) is 8.62. The number of benzene rings is 1. The monoisotopic (exact) mass is 344 g/mol. The van der Waals surface area contributed by atoms with Crippen LogP contribution in [-0.4, -0.2) is 34.0 Å². The summed E-state index contributed by atoms with van der Waals surface area (Å²) in [5.74, 6) is 1.04. The Balaban J connectivity index is 1.81. The molecule has 0 radical (unpaired) electrons. The van der Waals surface area contributed by atoms with E-state index < -0.39 is 5.60 Å². The zero-order chi connectivity index (χ0) is 18.0. The van der Waals surface area contributed by atoms with Crippen LogP contribution in [0.2, 0.25) is 0 Å². The van der Waals surface area contributed by atoms with Gasteiger partial charge in [-0.2, -0.15) is 0 Å². The van der Waals surface area contributed by atoms with Crippen molar-refractivity contribution in [2.45, 2.75) is 71.0 Å². The number of para-hydroxylation sites is 2. The third-order valence-electron chi connectivity index (χ3n) is 4.47. The van der Waals surface area contributed by atoms with E-state index in [1.807, 2.05) is 45.0 Å². The molecule has 25 heavy (non-hydrogen) atoms. The Kier molecular flexibility index (Phi) is 5.13. The highest BCUT2D eigenvalue weighted by molar-refractivity contribution is 5.87. The maximum Gasteiger partial charge on any atom is 0.420 e. The minimum absolute atomic E-state index is 0.242. The largest absolute Gasteiger partial charge is 0.443 e. The number of nitrogens with zero attached hydrogens (tertiary/aromatic N) is 2. The average molecular weight is 344 g/mol. The molecule has 0 saturated heterocycles. The Bertz CT molecular complexity index is 739. The van der Waals surface area contributed by atoms with Gasteiger partial charge in [-0.1, -0.05) is 25.5 Å². The summed E-state index contributed by atoms with van der Waals surface area (Å²) in [6, 6.07) is 7.72. The van der Waals surface area contributed by atoms with E-state index in [9.17, 15) is 4.79 Å². The maximum atomic E-state index is 12.8. The molecule has 1 aliphatic carbocycles. The fraction of sp³-hybridized carbons (Fsp3) is 0.600. The molecule has 1 fully saturated rings. The molecule has 136 valence electrons. The molecule has 3 rings (SSSR count). The van der Waals surface area contributed by atoms with Gasteiger partial charge in [0.05, 0.1) is 17.1 Å². The minimum Gasteiger partial charge on any atom is -0.443 e. The second-order valence-electron chi connectivity index (χ2n) is 7.79. The van der Waals surface area contributed by atoms with Crippen molar-refractivity contribution < 1.29 is 14.3 Å². The molecule has 0 unspecified atom stereocenters. The number of fused-ring (bicyclic) bond motifs is 1. The predicted octanol–water partition coefficient (Wildman–Crippen LogP) is 4.88. The summed E-state index contributed by atoms with van der Waals surface area (Å²) in [4.78, 5) is 17.5. The number of hydrogen-bond acceptors (Lipinski definition) is 4. The average Bonchev–Trinajstić information content (AvgIpc) is 2.86. The van der Waals surface area contributed by atoms with Crippen LogP contribution in [0.3, 0.4) is 0 Å². The van der Waals surface area contributed by atoms with Gasteiger partial charge >= 0.3 is 6.09 Å². The van der Waals surface area contributed by atoms with Crippen molar-refractivity contribution in [2.24, 2.45) is 0 Å². The van der Waals surface area contributed by atoms with Crippen LogP contribution < -0.4 is 0 Å². The van der Waals surface area contributed by atoms with Crippen LogP contribution in [-0.2, 0) is 9.47 Å². The second kappa shape index (κ2) is 7.16. The molecule has 1 aliphatic rings. The third kappa shape index (κ3) is 4.03. The lowest BCUT2D eigenvalue weighted by Gasteiger charge is -2.34. The van der Waals surface area contributed by atoms with Crippen molar-refractivity contribution in [2.75, 3.05) is 6.61 Å². The fourth-order valence-corrected chi connectivity index (χ4v) is 3.12. The zero-order valence-electron chi connectivity index (χ0n) is 15.6. The summed E-state index contributed by atoms with van der Waals surface area (Å²) >= 11 is 0. The van der Waals surface area contributed by atoms with Gasteiger partial charge in [-0.3, -0.25) is 0 Å². The maximum absolute atomic E-state index is 12.8.